The minimum atomic E-state index is -0.00987. The standard InChI is InChI=1S/C22H19Cl2NO/c1-14-4-6-17(7-5-14)22(26)11-8-18-12-15(2)25(16(18)3)19-9-10-20(23)21(24)13-19/h4-13H,1-3H3/b11-8+. The fraction of sp³-hybridized carbons (Fsp3) is 0.136. The normalized spacial score (nSPS) is 11.3. The first-order chi connectivity index (χ1) is 12.4. The maximum atomic E-state index is 12.4. The zero-order valence-corrected chi connectivity index (χ0v) is 16.4. The molecule has 0 radical (unpaired) electrons. The molecule has 0 saturated carbocycles. The van der Waals surface area contributed by atoms with E-state index in [1.54, 1.807) is 12.1 Å². The lowest BCUT2D eigenvalue weighted by atomic mass is 10.1. The predicted octanol–water partition coefficient (Wildman–Crippen LogP) is 6.61. The van der Waals surface area contributed by atoms with Crippen molar-refractivity contribution in [3.05, 3.63) is 92.7 Å². The highest BCUT2D eigenvalue weighted by Gasteiger charge is 2.11. The minimum absolute atomic E-state index is 0.00987. The number of aryl methyl sites for hydroxylation is 2. The van der Waals surface area contributed by atoms with Gasteiger partial charge >= 0.3 is 0 Å². The molecule has 0 aliphatic rings. The van der Waals surface area contributed by atoms with Crippen LogP contribution in [0, 0.1) is 20.8 Å². The Morgan fingerprint density at radius 2 is 1.62 bits per heavy atom. The number of benzene rings is 2. The first-order valence-corrected chi connectivity index (χ1v) is 9.06. The number of halogens is 2. The second kappa shape index (κ2) is 7.53. The molecule has 0 aliphatic carbocycles. The van der Waals surface area contributed by atoms with Crippen LogP contribution in [0.1, 0.15) is 32.9 Å². The number of carbonyl (C=O) groups excluding carboxylic acids is 1. The summed E-state index contributed by atoms with van der Waals surface area (Å²) in [6.45, 7) is 6.04. The maximum absolute atomic E-state index is 12.4. The van der Waals surface area contributed by atoms with Gasteiger partial charge in [0, 0.05) is 22.6 Å². The molecule has 0 unspecified atom stereocenters. The van der Waals surface area contributed by atoms with Crippen LogP contribution in [0.25, 0.3) is 11.8 Å². The van der Waals surface area contributed by atoms with Gasteiger partial charge in [0.25, 0.3) is 0 Å². The van der Waals surface area contributed by atoms with E-state index in [4.69, 9.17) is 23.2 Å². The van der Waals surface area contributed by atoms with Crippen molar-refractivity contribution in [2.45, 2.75) is 20.8 Å². The summed E-state index contributed by atoms with van der Waals surface area (Å²) < 4.78 is 2.10. The Labute approximate surface area is 163 Å². The zero-order valence-electron chi connectivity index (χ0n) is 14.9. The van der Waals surface area contributed by atoms with Crippen LogP contribution in [0.4, 0.5) is 0 Å². The number of rotatable bonds is 4. The van der Waals surface area contributed by atoms with Gasteiger partial charge in [-0.25, -0.2) is 0 Å². The van der Waals surface area contributed by atoms with Crippen molar-refractivity contribution in [1.29, 1.82) is 0 Å². The van der Waals surface area contributed by atoms with Crippen molar-refractivity contribution in [2.24, 2.45) is 0 Å². The highest BCUT2D eigenvalue weighted by molar-refractivity contribution is 6.42. The molecule has 132 valence electrons. The molecule has 3 rings (SSSR count). The first kappa shape index (κ1) is 18.5. The van der Waals surface area contributed by atoms with Gasteiger partial charge in [-0.05, 0) is 62.8 Å². The number of ketones is 1. The van der Waals surface area contributed by atoms with E-state index in [0.29, 0.717) is 15.6 Å². The highest BCUT2D eigenvalue weighted by atomic mass is 35.5. The van der Waals surface area contributed by atoms with Crippen LogP contribution < -0.4 is 0 Å². The third-order valence-electron chi connectivity index (χ3n) is 4.38. The lowest BCUT2D eigenvalue weighted by Gasteiger charge is -2.10. The zero-order chi connectivity index (χ0) is 18.8. The Hall–Kier alpha value is -2.29. The molecule has 2 aromatic carbocycles. The molecule has 0 saturated heterocycles. The molecule has 0 aliphatic heterocycles. The van der Waals surface area contributed by atoms with E-state index in [2.05, 4.69) is 10.6 Å². The van der Waals surface area contributed by atoms with E-state index >= 15 is 0 Å². The average Bonchev–Trinajstić information content (AvgIpc) is 2.90. The van der Waals surface area contributed by atoms with Gasteiger partial charge in [-0.2, -0.15) is 0 Å². The Balaban J connectivity index is 1.91. The number of allylic oxidation sites excluding steroid dienone is 1. The molecule has 1 heterocycles. The molecule has 4 heteroatoms. The molecule has 0 bridgehead atoms. The summed E-state index contributed by atoms with van der Waals surface area (Å²) in [5.41, 5.74) is 5.85. The van der Waals surface area contributed by atoms with Gasteiger partial charge in [0.05, 0.1) is 10.0 Å². The molecular formula is C22H19Cl2NO. The van der Waals surface area contributed by atoms with Gasteiger partial charge in [0.1, 0.15) is 0 Å². The molecular weight excluding hydrogens is 365 g/mol. The van der Waals surface area contributed by atoms with Gasteiger partial charge in [0.15, 0.2) is 5.78 Å². The van der Waals surface area contributed by atoms with E-state index in [1.807, 2.05) is 63.2 Å². The van der Waals surface area contributed by atoms with Crippen molar-refractivity contribution >= 4 is 35.1 Å². The average molecular weight is 384 g/mol. The summed E-state index contributed by atoms with van der Waals surface area (Å²) in [6, 6.07) is 15.2. The highest BCUT2D eigenvalue weighted by Crippen LogP contribution is 2.28. The summed E-state index contributed by atoms with van der Waals surface area (Å²) in [5, 5.41) is 1.05. The van der Waals surface area contributed by atoms with Crippen LogP contribution in [-0.2, 0) is 0 Å². The third-order valence-corrected chi connectivity index (χ3v) is 5.12. The van der Waals surface area contributed by atoms with E-state index < -0.39 is 0 Å². The number of aromatic nitrogens is 1. The van der Waals surface area contributed by atoms with Gasteiger partial charge < -0.3 is 4.57 Å². The Bertz CT molecular complexity index is 998. The van der Waals surface area contributed by atoms with Crippen molar-refractivity contribution < 1.29 is 4.79 Å². The molecule has 2 nitrogen and oxygen atoms in total. The monoisotopic (exact) mass is 383 g/mol. The van der Waals surface area contributed by atoms with Crippen molar-refractivity contribution in [1.82, 2.24) is 4.57 Å². The van der Waals surface area contributed by atoms with E-state index in [-0.39, 0.29) is 5.78 Å². The smallest absolute Gasteiger partial charge is 0.185 e. The SMILES string of the molecule is Cc1ccc(C(=O)/C=C/c2cc(C)n(-c3ccc(Cl)c(Cl)c3)c2C)cc1. The largest absolute Gasteiger partial charge is 0.318 e. The Morgan fingerprint density at radius 3 is 2.27 bits per heavy atom. The van der Waals surface area contributed by atoms with Crippen LogP contribution >= 0.6 is 23.2 Å². The molecule has 0 N–H and O–H groups in total. The fourth-order valence-corrected chi connectivity index (χ4v) is 3.25. The molecule has 0 fully saturated rings. The molecule has 0 amide bonds. The topological polar surface area (TPSA) is 22.0 Å². The summed E-state index contributed by atoms with van der Waals surface area (Å²) in [5.74, 6) is -0.00987. The molecule has 0 spiro atoms. The predicted molar refractivity (Wildman–Crippen MR) is 110 cm³/mol. The summed E-state index contributed by atoms with van der Waals surface area (Å²) in [7, 11) is 0. The Kier molecular flexibility index (Phi) is 5.36. The first-order valence-electron chi connectivity index (χ1n) is 8.30. The number of hydrogen-bond donors (Lipinski definition) is 0. The molecule has 3 aromatic rings. The van der Waals surface area contributed by atoms with Gasteiger partial charge in [0.2, 0.25) is 0 Å². The molecule has 26 heavy (non-hydrogen) atoms. The Morgan fingerprint density at radius 1 is 0.923 bits per heavy atom. The van der Waals surface area contributed by atoms with Crippen LogP contribution in [-0.4, -0.2) is 10.4 Å². The van der Waals surface area contributed by atoms with Crippen molar-refractivity contribution in [3.63, 3.8) is 0 Å². The third kappa shape index (κ3) is 3.77. The number of nitrogens with zero attached hydrogens (tertiary/aromatic N) is 1. The van der Waals surface area contributed by atoms with Crippen LogP contribution in [0.3, 0.4) is 0 Å². The van der Waals surface area contributed by atoms with E-state index in [0.717, 1.165) is 28.2 Å². The van der Waals surface area contributed by atoms with Crippen LogP contribution in [0.2, 0.25) is 10.0 Å². The summed E-state index contributed by atoms with van der Waals surface area (Å²) in [6.07, 6.45) is 3.48. The number of carbonyl (C=O) groups is 1. The molecule has 1 aromatic heterocycles. The lowest BCUT2D eigenvalue weighted by Crippen LogP contribution is -1.99. The maximum Gasteiger partial charge on any atom is 0.185 e. The van der Waals surface area contributed by atoms with Gasteiger partial charge in [-0.3, -0.25) is 4.79 Å². The second-order valence-electron chi connectivity index (χ2n) is 6.32. The van der Waals surface area contributed by atoms with Crippen LogP contribution in [0.15, 0.2) is 54.6 Å². The number of hydrogen-bond acceptors (Lipinski definition) is 1. The summed E-state index contributed by atoms with van der Waals surface area (Å²) >= 11 is 12.2. The van der Waals surface area contributed by atoms with Gasteiger partial charge in [-0.15, -0.1) is 0 Å². The lowest BCUT2D eigenvalue weighted by molar-refractivity contribution is 0.104. The molecule has 0 atom stereocenters. The van der Waals surface area contributed by atoms with Crippen molar-refractivity contribution in [2.75, 3.05) is 0 Å². The van der Waals surface area contributed by atoms with Crippen LogP contribution in [0.5, 0.6) is 0 Å². The van der Waals surface area contributed by atoms with Crippen molar-refractivity contribution in [3.8, 4) is 5.69 Å². The van der Waals surface area contributed by atoms with Gasteiger partial charge in [-0.1, -0.05) is 53.0 Å². The van der Waals surface area contributed by atoms with E-state index in [1.165, 1.54) is 0 Å². The van der Waals surface area contributed by atoms with E-state index in [9.17, 15) is 4.79 Å². The summed E-state index contributed by atoms with van der Waals surface area (Å²) in [4.78, 5) is 12.4. The minimum Gasteiger partial charge on any atom is -0.318 e. The second-order valence-corrected chi connectivity index (χ2v) is 7.14. The quantitative estimate of drug-likeness (QED) is 0.367. The fourth-order valence-electron chi connectivity index (χ4n) is 2.96.